The summed E-state index contributed by atoms with van der Waals surface area (Å²) < 4.78 is 1.32. The molecule has 0 radical (unpaired) electrons. The summed E-state index contributed by atoms with van der Waals surface area (Å²) in [5.41, 5.74) is 2.46. The van der Waals surface area contributed by atoms with Gasteiger partial charge in [0.1, 0.15) is 5.01 Å². The molecule has 1 aliphatic heterocycles. The first kappa shape index (κ1) is 12.1. The van der Waals surface area contributed by atoms with Crippen molar-refractivity contribution in [2.45, 2.75) is 19.9 Å². The van der Waals surface area contributed by atoms with Crippen molar-refractivity contribution in [2.75, 3.05) is 26.2 Å². The van der Waals surface area contributed by atoms with Gasteiger partial charge in [-0.15, -0.1) is 11.3 Å². The Hall–Kier alpha value is -0.970. The largest absolute Gasteiger partial charge is 0.315 e. The lowest BCUT2D eigenvalue weighted by molar-refractivity contribution is 0.284. The van der Waals surface area contributed by atoms with Gasteiger partial charge in [-0.2, -0.15) is 0 Å². The molecule has 0 spiro atoms. The van der Waals surface area contributed by atoms with Gasteiger partial charge in [-0.1, -0.05) is 6.07 Å². The monoisotopic (exact) mass is 261 g/mol. The second-order valence-electron chi connectivity index (χ2n) is 4.96. The lowest BCUT2D eigenvalue weighted by Gasteiger charge is -2.17. The van der Waals surface area contributed by atoms with Gasteiger partial charge in [-0.3, -0.25) is 4.90 Å². The van der Waals surface area contributed by atoms with Crippen LogP contribution in [0.1, 0.15) is 17.0 Å². The van der Waals surface area contributed by atoms with E-state index in [1.54, 1.807) is 0 Å². The van der Waals surface area contributed by atoms with Crippen LogP contribution in [0.15, 0.2) is 18.2 Å². The first-order valence-corrected chi connectivity index (χ1v) is 7.42. The summed E-state index contributed by atoms with van der Waals surface area (Å²) in [6.07, 6.45) is 1.24. The highest BCUT2D eigenvalue weighted by Crippen LogP contribution is 2.24. The molecular weight excluding hydrogens is 242 g/mol. The molecule has 1 fully saturated rings. The quantitative estimate of drug-likeness (QED) is 0.900. The number of thiazole rings is 1. The molecule has 0 unspecified atom stereocenters. The van der Waals surface area contributed by atoms with E-state index >= 15 is 0 Å². The first-order valence-electron chi connectivity index (χ1n) is 6.60. The zero-order valence-electron chi connectivity index (χ0n) is 10.8. The minimum atomic E-state index is 1.00. The van der Waals surface area contributed by atoms with Crippen molar-refractivity contribution in [3.63, 3.8) is 0 Å². The first-order chi connectivity index (χ1) is 8.81. The highest BCUT2D eigenvalue weighted by molar-refractivity contribution is 7.18. The molecule has 4 heteroatoms. The average molecular weight is 261 g/mol. The Morgan fingerprint density at radius 2 is 2.28 bits per heavy atom. The lowest BCUT2D eigenvalue weighted by Crippen LogP contribution is -2.27. The van der Waals surface area contributed by atoms with Crippen LogP contribution in [0.5, 0.6) is 0 Å². The lowest BCUT2D eigenvalue weighted by atomic mass is 10.2. The van der Waals surface area contributed by atoms with Crippen molar-refractivity contribution >= 4 is 21.6 Å². The fourth-order valence-corrected chi connectivity index (χ4v) is 3.51. The maximum absolute atomic E-state index is 4.73. The third kappa shape index (κ3) is 2.71. The van der Waals surface area contributed by atoms with Crippen LogP contribution in [-0.2, 0) is 6.54 Å². The zero-order chi connectivity index (χ0) is 12.4. The van der Waals surface area contributed by atoms with Gasteiger partial charge in [-0.25, -0.2) is 4.98 Å². The predicted octanol–water partition coefficient (Wildman–Crippen LogP) is 2.40. The molecule has 96 valence electrons. The fourth-order valence-electron chi connectivity index (χ4n) is 2.40. The van der Waals surface area contributed by atoms with Crippen molar-refractivity contribution in [1.82, 2.24) is 15.2 Å². The molecule has 3 nitrogen and oxygen atoms in total. The number of aromatic nitrogens is 1. The van der Waals surface area contributed by atoms with E-state index in [0.29, 0.717) is 0 Å². The molecule has 0 aliphatic carbocycles. The van der Waals surface area contributed by atoms with E-state index in [1.165, 1.54) is 28.2 Å². The van der Waals surface area contributed by atoms with E-state index in [9.17, 15) is 0 Å². The Bertz CT molecular complexity index is 527. The highest BCUT2D eigenvalue weighted by atomic mass is 32.1. The second-order valence-corrected chi connectivity index (χ2v) is 6.07. The van der Waals surface area contributed by atoms with Crippen LogP contribution >= 0.6 is 11.3 Å². The number of fused-ring (bicyclic) bond motifs is 1. The standard InChI is InChI=1S/C14H19N3S/c1-11-3-4-12-13(9-11)18-14(16-12)10-17-7-2-5-15-6-8-17/h3-4,9,15H,2,5-8,10H2,1H3. The number of benzene rings is 1. The maximum Gasteiger partial charge on any atom is 0.108 e. The van der Waals surface area contributed by atoms with Gasteiger partial charge in [0.15, 0.2) is 0 Å². The number of nitrogens with one attached hydrogen (secondary N) is 1. The third-order valence-corrected chi connectivity index (χ3v) is 4.38. The van der Waals surface area contributed by atoms with E-state index in [1.807, 2.05) is 11.3 Å². The molecule has 1 aromatic heterocycles. The normalized spacial score (nSPS) is 18.1. The molecule has 0 amide bonds. The van der Waals surface area contributed by atoms with Crippen LogP contribution in [0.25, 0.3) is 10.2 Å². The molecule has 2 aromatic rings. The number of rotatable bonds is 2. The second kappa shape index (κ2) is 5.34. The number of aryl methyl sites for hydroxylation is 1. The molecule has 18 heavy (non-hydrogen) atoms. The van der Waals surface area contributed by atoms with E-state index in [2.05, 4.69) is 35.3 Å². The van der Waals surface area contributed by atoms with Crippen molar-refractivity contribution in [3.05, 3.63) is 28.8 Å². The summed E-state index contributed by atoms with van der Waals surface area (Å²) in [7, 11) is 0. The minimum absolute atomic E-state index is 1.00. The van der Waals surface area contributed by atoms with Gasteiger partial charge >= 0.3 is 0 Å². The molecule has 2 heterocycles. The molecule has 1 aliphatic rings. The van der Waals surface area contributed by atoms with E-state index < -0.39 is 0 Å². The van der Waals surface area contributed by atoms with Crippen molar-refractivity contribution in [2.24, 2.45) is 0 Å². The van der Waals surface area contributed by atoms with Crippen LogP contribution in [-0.4, -0.2) is 36.1 Å². The average Bonchev–Trinajstić information content (AvgIpc) is 2.57. The smallest absolute Gasteiger partial charge is 0.108 e. The van der Waals surface area contributed by atoms with Gasteiger partial charge in [0.25, 0.3) is 0 Å². The Morgan fingerprint density at radius 1 is 1.33 bits per heavy atom. The summed E-state index contributed by atoms with van der Waals surface area (Å²) in [6.45, 7) is 7.70. The molecule has 0 saturated carbocycles. The fraction of sp³-hybridized carbons (Fsp3) is 0.500. The summed E-state index contributed by atoms with van der Waals surface area (Å²) in [5, 5.41) is 4.69. The SMILES string of the molecule is Cc1ccc2nc(CN3CCCNCC3)sc2c1. The minimum Gasteiger partial charge on any atom is -0.315 e. The van der Waals surface area contributed by atoms with Crippen molar-refractivity contribution in [3.8, 4) is 0 Å². The predicted molar refractivity (Wildman–Crippen MR) is 77.1 cm³/mol. The molecule has 3 rings (SSSR count). The van der Waals surface area contributed by atoms with Crippen LogP contribution in [0.4, 0.5) is 0 Å². The highest BCUT2D eigenvalue weighted by Gasteiger charge is 2.11. The molecule has 1 aromatic carbocycles. The van der Waals surface area contributed by atoms with E-state index in [4.69, 9.17) is 4.98 Å². The van der Waals surface area contributed by atoms with Crippen LogP contribution in [0.2, 0.25) is 0 Å². The molecule has 1 N–H and O–H groups in total. The van der Waals surface area contributed by atoms with Gasteiger partial charge < -0.3 is 5.32 Å². The van der Waals surface area contributed by atoms with E-state index in [0.717, 1.165) is 31.7 Å². The zero-order valence-corrected chi connectivity index (χ0v) is 11.6. The van der Waals surface area contributed by atoms with Gasteiger partial charge in [0.2, 0.25) is 0 Å². The topological polar surface area (TPSA) is 28.2 Å². The van der Waals surface area contributed by atoms with Crippen LogP contribution in [0, 0.1) is 6.92 Å². The third-order valence-electron chi connectivity index (χ3n) is 3.38. The maximum atomic E-state index is 4.73. The Morgan fingerprint density at radius 3 is 3.22 bits per heavy atom. The van der Waals surface area contributed by atoms with Crippen LogP contribution < -0.4 is 5.32 Å². The molecule has 1 saturated heterocycles. The summed E-state index contributed by atoms with van der Waals surface area (Å²) in [4.78, 5) is 7.24. The number of nitrogens with zero attached hydrogens (tertiary/aromatic N) is 2. The van der Waals surface area contributed by atoms with Gasteiger partial charge in [-0.05, 0) is 44.1 Å². The summed E-state index contributed by atoms with van der Waals surface area (Å²) in [5.74, 6) is 0. The number of hydrogen-bond acceptors (Lipinski definition) is 4. The molecule has 0 bridgehead atoms. The van der Waals surface area contributed by atoms with Crippen LogP contribution in [0.3, 0.4) is 0 Å². The Kier molecular flexibility index (Phi) is 3.59. The van der Waals surface area contributed by atoms with Crippen molar-refractivity contribution in [1.29, 1.82) is 0 Å². The van der Waals surface area contributed by atoms with E-state index in [-0.39, 0.29) is 0 Å². The van der Waals surface area contributed by atoms with Gasteiger partial charge in [0.05, 0.1) is 16.8 Å². The van der Waals surface area contributed by atoms with Gasteiger partial charge in [0, 0.05) is 13.1 Å². The summed E-state index contributed by atoms with van der Waals surface area (Å²) in [6, 6.07) is 6.51. The molecular formula is C14H19N3S. The molecule has 0 atom stereocenters. The van der Waals surface area contributed by atoms with Crippen molar-refractivity contribution < 1.29 is 0 Å². The number of hydrogen-bond donors (Lipinski definition) is 1. The summed E-state index contributed by atoms with van der Waals surface area (Å²) >= 11 is 1.84. The Labute approximate surface area is 112 Å². The Balaban J connectivity index is 1.77.